The number of nitriles is 1. The van der Waals surface area contributed by atoms with Gasteiger partial charge in [0.2, 0.25) is 0 Å². The molecular formula is C20H22N2O2. The molecule has 0 aliphatic carbocycles. The Bertz CT molecular complexity index is 725. The number of aliphatic hydroxyl groups excluding tert-OH is 1. The smallest absolute Gasteiger partial charge is 0.0991 e. The molecule has 124 valence electrons. The molecule has 1 aliphatic rings. The second kappa shape index (κ2) is 7.14. The molecule has 0 saturated carbocycles. The van der Waals surface area contributed by atoms with E-state index < -0.39 is 0 Å². The Kier molecular flexibility index (Phi) is 4.96. The third-order valence-corrected chi connectivity index (χ3v) is 4.67. The number of nitrogens with zero attached hydrogens (tertiary/aromatic N) is 1. The first-order chi connectivity index (χ1) is 11.7. The summed E-state index contributed by atoms with van der Waals surface area (Å²) in [6.07, 6.45) is 0. The van der Waals surface area contributed by atoms with Crippen LogP contribution in [0.4, 0.5) is 0 Å². The molecule has 1 atom stereocenters. The molecule has 2 N–H and O–H groups in total. The lowest BCUT2D eigenvalue weighted by Gasteiger charge is -2.40. The van der Waals surface area contributed by atoms with Gasteiger partial charge < -0.3 is 15.2 Å². The third kappa shape index (κ3) is 3.49. The van der Waals surface area contributed by atoms with Crippen LogP contribution in [0.15, 0.2) is 48.5 Å². The van der Waals surface area contributed by atoms with Crippen LogP contribution < -0.4 is 5.32 Å². The monoisotopic (exact) mass is 322 g/mol. The van der Waals surface area contributed by atoms with Crippen LogP contribution >= 0.6 is 0 Å². The number of nitrogens with one attached hydrogen (secondary N) is 1. The van der Waals surface area contributed by atoms with Crippen molar-refractivity contribution < 1.29 is 9.84 Å². The van der Waals surface area contributed by atoms with Crippen LogP contribution in [0, 0.1) is 16.7 Å². The molecule has 4 nitrogen and oxygen atoms in total. The van der Waals surface area contributed by atoms with E-state index >= 15 is 0 Å². The van der Waals surface area contributed by atoms with Crippen LogP contribution in [0.1, 0.15) is 24.1 Å². The van der Waals surface area contributed by atoms with Crippen molar-refractivity contribution in [3.05, 3.63) is 59.7 Å². The van der Waals surface area contributed by atoms with Crippen molar-refractivity contribution >= 4 is 0 Å². The van der Waals surface area contributed by atoms with E-state index in [4.69, 9.17) is 10.00 Å². The maximum absolute atomic E-state index is 9.48. The second-order valence-electron chi connectivity index (χ2n) is 6.57. The summed E-state index contributed by atoms with van der Waals surface area (Å²) in [5.74, 6) is 0. The van der Waals surface area contributed by atoms with Gasteiger partial charge in [0.1, 0.15) is 0 Å². The van der Waals surface area contributed by atoms with Crippen molar-refractivity contribution in [1.82, 2.24) is 5.32 Å². The van der Waals surface area contributed by atoms with E-state index in [1.54, 1.807) is 0 Å². The van der Waals surface area contributed by atoms with Crippen LogP contribution in [0.2, 0.25) is 0 Å². The molecule has 1 heterocycles. The van der Waals surface area contributed by atoms with E-state index in [9.17, 15) is 5.11 Å². The zero-order chi connectivity index (χ0) is 17.0. The standard InChI is InChI=1S/C20H22N2O2/c1-15(22-11-20(12-23)13-24-14-20)17-5-7-18(8-6-17)19-4-2-3-16(9-19)10-21/h2-9,15,22-23H,11-14H2,1H3. The first-order valence-electron chi connectivity index (χ1n) is 8.18. The number of ether oxygens (including phenoxy) is 1. The first-order valence-corrected chi connectivity index (χ1v) is 8.18. The number of hydrogen-bond donors (Lipinski definition) is 2. The molecule has 1 aliphatic heterocycles. The zero-order valence-corrected chi connectivity index (χ0v) is 13.8. The van der Waals surface area contributed by atoms with Crippen molar-refractivity contribution in [2.75, 3.05) is 26.4 Å². The van der Waals surface area contributed by atoms with Gasteiger partial charge in [0.25, 0.3) is 0 Å². The van der Waals surface area contributed by atoms with Crippen molar-refractivity contribution in [3.8, 4) is 17.2 Å². The molecule has 0 bridgehead atoms. The summed E-state index contributed by atoms with van der Waals surface area (Å²) in [6.45, 7) is 4.27. The Balaban J connectivity index is 1.66. The zero-order valence-electron chi connectivity index (χ0n) is 13.8. The Morgan fingerprint density at radius 3 is 2.54 bits per heavy atom. The van der Waals surface area contributed by atoms with Crippen LogP contribution in [0.25, 0.3) is 11.1 Å². The lowest BCUT2D eigenvalue weighted by atomic mass is 9.86. The van der Waals surface area contributed by atoms with Gasteiger partial charge in [0, 0.05) is 12.6 Å². The summed E-state index contributed by atoms with van der Waals surface area (Å²) in [4.78, 5) is 0. The Hall–Kier alpha value is -2.19. The van der Waals surface area contributed by atoms with E-state index in [1.807, 2.05) is 24.3 Å². The van der Waals surface area contributed by atoms with E-state index in [0.29, 0.717) is 18.8 Å². The first kappa shape index (κ1) is 16.7. The molecular weight excluding hydrogens is 300 g/mol. The summed E-state index contributed by atoms with van der Waals surface area (Å²) < 4.78 is 5.23. The Morgan fingerprint density at radius 2 is 1.96 bits per heavy atom. The van der Waals surface area contributed by atoms with Crippen LogP contribution in [0.3, 0.4) is 0 Å². The molecule has 0 spiro atoms. The molecule has 2 aromatic rings. The predicted octanol–water partition coefficient (Wildman–Crippen LogP) is 2.88. The third-order valence-electron chi connectivity index (χ3n) is 4.67. The van der Waals surface area contributed by atoms with Crippen molar-refractivity contribution in [1.29, 1.82) is 5.26 Å². The molecule has 0 amide bonds. The van der Waals surface area contributed by atoms with Crippen LogP contribution in [0.5, 0.6) is 0 Å². The Morgan fingerprint density at radius 1 is 1.21 bits per heavy atom. The molecule has 0 aromatic heterocycles. The van der Waals surface area contributed by atoms with E-state index in [2.05, 4.69) is 42.6 Å². The van der Waals surface area contributed by atoms with E-state index in [1.165, 1.54) is 5.56 Å². The van der Waals surface area contributed by atoms with Gasteiger partial charge in [0.05, 0.1) is 36.9 Å². The lowest BCUT2D eigenvalue weighted by molar-refractivity contribution is -0.135. The summed E-state index contributed by atoms with van der Waals surface area (Å²) >= 11 is 0. The fraction of sp³-hybridized carbons (Fsp3) is 0.350. The fourth-order valence-electron chi connectivity index (χ4n) is 2.86. The molecule has 1 unspecified atom stereocenters. The highest BCUT2D eigenvalue weighted by Gasteiger charge is 2.37. The summed E-state index contributed by atoms with van der Waals surface area (Å²) in [7, 11) is 0. The molecule has 1 fully saturated rings. The van der Waals surface area contributed by atoms with Gasteiger partial charge in [-0.3, -0.25) is 0 Å². The van der Waals surface area contributed by atoms with E-state index in [0.717, 1.165) is 17.7 Å². The summed E-state index contributed by atoms with van der Waals surface area (Å²) in [5.41, 5.74) is 3.90. The normalized spacial score (nSPS) is 16.9. The maximum Gasteiger partial charge on any atom is 0.0991 e. The van der Waals surface area contributed by atoms with Gasteiger partial charge in [-0.2, -0.15) is 5.26 Å². The SMILES string of the molecule is CC(NCC1(CO)COC1)c1ccc(-c2cccc(C#N)c2)cc1. The molecule has 0 radical (unpaired) electrons. The minimum absolute atomic E-state index is 0.119. The highest BCUT2D eigenvalue weighted by Crippen LogP contribution is 2.27. The average Bonchev–Trinajstić information content (AvgIpc) is 2.61. The summed E-state index contributed by atoms with van der Waals surface area (Å²) in [5, 5.41) is 22.0. The van der Waals surface area contributed by atoms with E-state index in [-0.39, 0.29) is 18.1 Å². The lowest BCUT2D eigenvalue weighted by Crippen LogP contribution is -2.52. The highest BCUT2D eigenvalue weighted by molar-refractivity contribution is 5.65. The molecule has 4 heteroatoms. The average molecular weight is 322 g/mol. The topological polar surface area (TPSA) is 65.3 Å². The highest BCUT2D eigenvalue weighted by atomic mass is 16.5. The number of benzene rings is 2. The molecule has 2 aromatic carbocycles. The molecule has 24 heavy (non-hydrogen) atoms. The minimum Gasteiger partial charge on any atom is -0.396 e. The van der Waals surface area contributed by atoms with Gasteiger partial charge in [-0.05, 0) is 35.7 Å². The number of hydrogen-bond acceptors (Lipinski definition) is 4. The minimum atomic E-state index is -0.119. The summed E-state index contributed by atoms with van der Waals surface area (Å²) in [6, 6.07) is 18.4. The van der Waals surface area contributed by atoms with Crippen molar-refractivity contribution in [2.24, 2.45) is 5.41 Å². The van der Waals surface area contributed by atoms with Crippen molar-refractivity contribution in [2.45, 2.75) is 13.0 Å². The van der Waals surface area contributed by atoms with Gasteiger partial charge >= 0.3 is 0 Å². The fourth-order valence-corrected chi connectivity index (χ4v) is 2.86. The quantitative estimate of drug-likeness (QED) is 0.858. The predicted molar refractivity (Wildman–Crippen MR) is 93.3 cm³/mol. The number of rotatable bonds is 6. The largest absolute Gasteiger partial charge is 0.396 e. The van der Waals surface area contributed by atoms with Gasteiger partial charge in [-0.15, -0.1) is 0 Å². The number of aliphatic hydroxyl groups is 1. The maximum atomic E-state index is 9.48. The van der Waals surface area contributed by atoms with Crippen molar-refractivity contribution in [3.63, 3.8) is 0 Å². The molecule has 1 saturated heterocycles. The van der Waals surface area contributed by atoms with Gasteiger partial charge in [-0.25, -0.2) is 0 Å². The molecule has 3 rings (SSSR count). The van der Waals surface area contributed by atoms with Gasteiger partial charge in [-0.1, -0.05) is 36.4 Å². The van der Waals surface area contributed by atoms with Crippen LogP contribution in [-0.4, -0.2) is 31.5 Å². The second-order valence-corrected chi connectivity index (χ2v) is 6.57. The van der Waals surface area contributed by atoms with Gasteiger partial charge in [0.15, 0.2) is 0 Å². The Labute approximate surface area is 142 Å². The van der Waals surface area contributed by atoms with Crippen LogP contribution in [-0.2, 0) is 4.74 Å².